The van der Waals surface area contributed by atoms with Gasteiger partial charge < -0.3 is 0 Å². The van der Waals surface area contributed by atoms with Gasteiger partial charge in [0.1, 0.15) is 0 Å². The summed E-state index contributed by atoms with van der Waals surface area (Å²) in [6.07, 6.45) is 0. The smallest absolute Gasteiger partial charge is 0 e. The van der Waals surface area contributed by atoms with Crippen LogP contribution >= 0.6 is 0 Å². The van der Waals surface area contributed by atoms with E-state index in [1.165, 1.54) is 0 Å². The van der Waals surface area contributed by atoms with Gasteiger partial charge in [-0.05, 0) is 0 Å². The van der Waals surface area contributed by atoms with Crippen LogP contribution in [0.4, 0.5) is 0 Å². The van der Waals surface area contributed by atoms with E-state index in [0.29, 0.717) is 0 Å². The second-order valence-electron chi connectivity index (χ2n) is 0. The Labute approximate surface area is 86.7 Å². The van der Waals surface area contributed by atoms with Crippen LogP contribution in [0.5, 0.6) is 0 Å². The van der Waals surface area contributed by atoms with Gasteiger partial charge in [-0.25, -0.2) is 0 Å². The minimum atomic E-state index is 0. The van der Waals surface area contributed by atoms with E-state index in [2.05, 4.69) is 0 Å². The van der Waals surface area contributed by atoms with Crippen molar-refractivity contribution in [2.45, 2.75) is 0 Å². The third-order valence-electron chi connectivity index (χ3n) is 0. The molecule has 26 valence electrons. The molecule has 0 aliphatic heterocycles. The molecule has 0 aromatic heterocycles. The van der Waals surface area contributed by atoms with Crippen LogP contribution in [0.2, 0.25) is 0 Å². The molecule has 0 N–H and O–H groups in total. The van der Waals surface area contributed by atoms with Crippen LogP contribution in [0.25, 0.3) is 0 Å². The summed E-state index contributed by atoms with van der Waals surface area (Å²) in [5.41, 5.74) is 0. The molecule has 0 aliphatic rings. The summed E-state index contributed by atoms with van der Waals surface area (Å²) in [5, 5.41) is 0. The molecule has 0 fully saturated rings. The SMILES string of the molecule is [Ta].[TeH2].[TeH2].[V]. The van der Waals surface area contributed by atoms with Crippen molar-refractivity contribution in [3.8, 4) is 0 Å². The van der Waals surface area contributed by atoms with Gasteiger partial charge in [-0.1, -0.05) is 0 Å². The average molecular weight is 491 g/mol. The summed E-state index contributed by atoms with van der Waals surface area (Å²) in [5.74, 6) is 0. The molecule has 0 unspecified atom stereocenters. The van der Waals surface area contributed by atoms with E-state index in [1.54, 1.807) is 0 Å². The fraction of sp³-hybridized carbons (Fsp3) is 0. The Hall–Kier alpha value is 2.90. The Balaban J connectivity index is 0. The predicted octanol–water partition coefficient (Wildman–Crippen LogP) is -1.84. The molecule has 0 saturated heterocycles. The average Bonchev–Trinajstić information content (AvgIpc) is 0. The van der Waals surface area contributed by atoms with Crippen LogP contribution in [0.3, 0.4) is 0 Å². The fourth-order valence-corrected chi connectivity index (χ4v) is 0. The second-order valence-corrected chi connectivity index (χ2v) is 0. The van der Waals surface area contributed by atoms with E-state index < -0.39 is 0 Å². The van der Waals surface area contributed by atoms with E-state index in [4.69, 9.17) is 0 Å². The van der Waals surface area contributed by atoms with Gasteiger partial charge in [0.15, 0.2) is 0 Å². The van der Waals surface area contributed by atoms with Gasteiger partial charge in [-0.3, -0.25) is 0 Å². The molecule has 0 aromatic carbocycles. The molecule has 0 aromatic rings. The standard InChI is InChI=1S/Ta.2H2Te.V/h;2*1H2;. The molecule has 0 atom stereocenters. The maximum absolute atomic E-state index is 0. The topological polar surface area (TPSA) is 0 Å². The summed E-state index contributed by atoms with van der Waals surface area (Å²) in [6, 6.07) is 0. The molecule has 0 spiro atoms. The van der Waals surface area contributed by atoms with Crippen LogP contribution in [-0.2, 0) is 40.9 Å². The molecule has 0 heterocycles. The van der Waals surface area contributed by atoms with Gasteiger partial charge in [-0.15, -0.1) is 0 Å². The molecular weight excluding hydrogens is 487 g/mol. The van der Waals surface area contributed by atoms with Crippen molar-refractivity contribution in [3.05, 3.63) is 0 Å². The second kappa shape index (κ2) is 16.8. The third-order valence-corrected chi connectivity index (χ3v) is 0. The summed E-state index contributed by atoms with van der Waals surface area (Å²) < 4.78 is 0. The Morgan fingerprint density at radius 1 is 0.750 bits per heavy atom. The molecular formula is H4TaTe2V. The van der Waals surface area contributed by atoms with Crippen LogP contribution in [0.15, 0.2) is 0 Å². The molecule has 4 heavy (non-hydrogen) atoms. The Morgan fingerprint density at radius 2 is 0.750 bits per heavy atom. The van der Waals surface area contributed by atoms with E-state index in [0.717, 1.165) is 0 Å². The first-order valence-electron chi connectivity index (χ1n) is 0. The van der Waals surface area contributed by atoms with Gasteiger partial charge in [0.25, 0.3) is 0 Å². The Bertz CT molecular complexity index is 6.00. The molecule has 0 aliphatic carbocycles. The maximum Gasteiger partial charge on any atom is 0 e. The van der Waals surface area contributed by atoms with Gasteiger partial charge in [0.2, 0.25) is 0 Å². The maximum atomic E-state index is 0. The minimum Gasteiger partial charge on any atom is 0 e. The van der Waals surface area contributed by atoms with E-state index >= 15 is 0 Å². The van der Waals surface area contributed by atoms with E-state index in [1.807, 2.05) is 0 Å². The zero-order valence-electron chi connectivity index (χ0n) is 1.89. The molecule has 0 rings (SSSR count). The van der Waals surface area contributed by atoms with Crippen molar-refractivity contribution in [2.75, 3.05) is 0 Å². The van der Waals surface area contributed by atoms with Crippen molar-refractivity contribution in [1.29, 1.82) is 0 Å². The first-order valence-corrected chi connectivity index (χ1v) is 0. The minimum absolute atomic E-state index is 0. The number of hydrogen-bond acceptors (Lipinski definition) is 0. The van der Waals surface area contributed by atoms with Gasteiger partial charge >= 0.3 is 47.3 Å². The summed E-state index contributed by atoms with van der Waals surface area (Å²) in [7, 11) is 0. The Morgan fingerprint density at radius 3 is 0.750 bits per heavy atom. The van der Waals surface area contributed by atoms with Crippen molar-refractivity contribution in [3.63, 3.8) is 0 Å². The largest absolute Gasteiger partial charge is 0 e. The van der Waals surface area contributed by atoms with Crippen LogP contribution < -0.4 is 0 Å². The summed E-state index contributed by atoms with van der Waals surface area (Å²) in [4.78, 5) is 0. The predicted molar refractivity (Wildman–Crippen MR) is 17.1 cm³/mol. The van der Waals surface area contributed by atoms with Crippen LogP contribution in [-0.4, -0.2) is 47.3 Å². The van der Waals surface area contributed by atoms with Crippen molar-refractivity contribution in [2.24, 2.45) is 0 Å². The van der Waals surface area contributed by atoms with Crippen molar-refractivity contribution >= 4 is 47.3 Å². The number of rotatable bonds is 0. The van der Waals surface area contributed by atoms with E-state index in [9.17, 15) is 0 Å². The van der Waals surface area contributed by atoms with E-state index in [-0.39, 0.29) is 88.3 Å². The molecule has 0 saturated carbocycles. The summed E-state index contributed by atoms with van der Waals surface area (Å²) >= 11 is 0. The first-order chi connectivity index (χ1) is 0. The fourth-order valence-electron chi connectivity index (χ4n) is 0. The first kappa shape index (κ1) is 28.5. The zero-order chi connectivity index (χ0) is 0. The van der Waals surface area contributed by atoms with Crippen LogP contribution in [0.1, 0.15) is 0 Å². The van der Waals surface area contributed by atoms with Crippen molar-refractivity contribution in [1.82, 2.24) is 0 Å². The molecule has 0 nitrogen and oxygen atoms in total. The van der Waals surface area contributed by atoms with Gasteiger partial charge in [0, 0.05) is 40.9 Å². The summed E-state index contributed by atoms with van der Waals surface area (Å²) in [6.45, 7) is 0. The molecule has 2 radical (unpaired) electrons. The van der Waals surface area contributed by atoms with Gasteiger partial charge in [0.05, 0.1) is 0 Å². The molecule has 0 bridgehead atoms. The van der Waals surface area contributed by atoms with Crippen LogP contribution in [0, 0.1) is 0 Å². The van der Waals surface area contributed by atoms with Crippen molar-refractivity contribution < 1.29 is 40.9 Å². The van der Waals surface area contributed by atoms with Gasteiger partial charge in [-0.2, -0.15) is 0 Å². The Kier molecular flexibility index (Phi) is 120. The monoisotopic (exact) mass is 496 g/mol. The zero-order valence-corrected chi connectivity index (χ0v) is 12.2. The molecule has 0 amide bonds. The molecule has 4 heteroatoms. The quantitative estimate of drug-likeness (QED) is 0.350. The third kappa shape index (κ3) is 8.86. The normalized spacial score (nSPS) is 0. The number of hydrogen-bond donors (Lipinski definition) is 0.